The zero-order chi connectivity index (χ0) is 12.8. The second kappa shape index (κ2) is 8.58. The first kappa shape index (κ1) is 16.5. The molecule has 19 heavy (non-hydrogen) atoms. The summed E-state index contributed by atoms with van der Waals surface area (Å²) in [6.07, 6.45) is 8.47. The van der Waals surface area contributed by atoms with Gasteiger partial charge in [-0.25, -0.2) is 9.13 Å². The first-order chi connectivity index (χ1) is 8.74. The molecule has 1 aromatic heterocycles. The van der Waals surface area contributed by atoms with Gasteiger partial charge in [0.25, 0.3) is 0 Å². The Labute approximate surface area is 138 Å². The van der Waals surface area contributed by atoms with Crippen LogP contribution in [0.4, 0.5) is 0 Å². The molecule has 1 aromatic carbocycles. The standard InChI is InChI=1S/C14H18IN2O.BrH/c1-16-9-10-17(12-16)8-2-3-11-18-14-6-4-13(15)5-7-14;/h4-7,9-10,12H,2-3,8,11H2,1H3;1H/q+1;/p-1. The average Bonchev–Trinajstić information content (AvgIpc) is 2.77. The molecule has 5 heteroatoms. The molecule has 0 amide bonds. The van der Waals surface area contributed by atoms with Crippen molar-refractivity contribution in [2.24, 2.45) is 7.05 Å². The molecule has 0 spiro atoms. The highest BCUT2D eigenvalue weighted by atomic mass is 127. The topological polar surface area (TPSA) is 18.0 Å². The van der Waals surface area contributed by atoms with Gasteiger partial charge in [0, 0.05) is 3.57 Å². The monoisotopic (exact) mass is 436 g/mol. The predicted octanol–water partition coefficient (Wildman–Crippen LogP) is -0.220. The number of hydrogen-bond acceptors (Lipinski definition) is 1. The molecule has 1 heterocycles. The summed E-state index contributed by atoms with van der Waals surface area (Å²) in [5.41, 5.74) is 0. The summed E-state index contributed by atoms with van der Waals surface area (Å²) in [6.45, 7) is 1.84. The van der Waals surface area contributed by atoms with Crippen LogP contribution < -0.4 is 26.3 Å². The number of nitrogens with zero attached hydrogens (tertiary/aromatic N) is 2. The van der Waals surface area contributed by atoms with E-state index in [1.165, 1.54) is 3.57 Å². The van der Waals surface area contributed by atoms with E-state index in [9.17, 15) is 0 Å². The molecule has 3 nitrogen and oxygen atoms in total. The Morgan fingerprint density at radius 3 is 2.58 bits per heavy atom. The van der Waals surface area contributed by atoms with Gasteiger partial charge < -0.3 is 21.7 Å². The number of ether oxygens (including phenoxy) is 1. The first-order valence-electron chi connectivity index (χ1n) is 6.13. The quantitative estimate of drug-likeness (QED) is 0.348. The van der Waals surface area contributed by atoms with Gasteiger partial charge in [-0.15, -0.1) is 0 Å². The maximum absolute atomic E-state index is 5.69. The van der Waals surface area contributed by atoms with Crippen molar-refractivity contribution < 1.29 is 26.3 Å². The van der Waals surface area contributed by atoms with E-state index in [0.717, 1.165) is 31.7 Å². The van der Waals surface area contributed by atoms with Crippen molar-refractivity contribution in [3.8, 4) is 5.75 Å². The van der Waals surface area contributed by atoms with E-state index in [4.69, 9.17) is 4.74 Å². The fourth-order valence-electron chi connectivity index (χ4n) is 1.75. The Hall–Kier alpha value is -0.560. The molecular weight excluding hydrogens is 419 g/mol. The molecule has 0 unspecified atom stereocenters. The maximum Gasteiger partial charge on any atom is 0.243 e. The van der Waals surface area contributed by atoms with E-state index in [-0.39, 0.29) is 17.0 Å². The van der Waals surface area contributed by atoms with Crippen LogP contribution in [-0.4, -0.2) is 11.2 Å². The van der Waals surface area contributed by atoms with Crippen LogP contribution in [0.5, 0.6) is 5.75 Å². The van der Waals surface area contributed by atoms with Crippen molar-refractivity contribution in [1.82, 2.24) is 4.57 Å². The van der Waals surface area contributed by atoms with Crippen molar-refractivity contribution >= 4 is 22.6 Å². The van der Waals surface area contributed by atoms with Crippen molar-refractivity contribution in [3.63, 3.8) is 0 Å². The van der Waals surface area contributed by atoms with Crippen LogP contribution in [0.15, 0.2) is 43.0 Å². The minimum absolute atomic E-state index is 0. The number of imidazole rings is 1. The van der Waals surface area contributed by atoms with E-state index >= 15 is 0 Å². The third-order valence-electron chi connectivity index (χ3n) is 2.72. The number of hydrogen-bond donors (Lipinski definition) is 0. The molecular formula is C14H18BrIN2O. The smallest absolute Gasteiger partial charge is 0.243 e. The lowest BCUT2D eigenvalue weighted by Gasteiger charge is -2.05. The third kappa shape index (κ3) is 5.95. The molecule has 104 valence electrons. The Balaban J connectivity index is 0.00000180. The SMILES string of the molecule is C[n+]1ccn(CCCCOc2ccc(I)cc2)c1.[Br-]. The van der Waals surface area contributed by atoms with Crippen LogP contribution >= 0.6 is 22.6 Å². The number of benzene rings is 1. The van der Waals surface area contributed by atoms with E-state index in [1.807, 2.05) is 19.2 Å². The van der Waals surface area contributed by atoms with E-state index < -0.39 is 0 Å². The summed E-state index contributed by atoms with van der Waals surface area (Å²) in [5.74, 6) is 0.961. The minimum atomic E-state index is 0. The van der Waals surface area contributed by atoms with Crippen LogP contribution in [0.25, 0.3) is 0 Å². The number of aryl methyl sites for hydroxylation is 2. The predicted molar refractivity (Wildman–Crippen MR) is 79.5 cm³/mol. The third-order valence-corrected chi connectivity index (χ3v) is 3.44. The van der Waals surface area contributed by atoms with Gasteiger partial charge in [-0.3, -0.25) is 0 Å². The highest BCUT2D eigenvalue weighted by Gasteiger charge is 1.99. The van der Waals surface area contributed by atoms with Crippen molar-refractivity contribution in [1.29, 1.82) is 0 Å². The lowest BCUT2D eigenvalue weighted by Crippen LogP contribution is -3.00. The van der Waals surface area contributed by atoms with Crippen molar-refractivity contribution in [2.45, 2.75) is 19.4 Å². The van der Waals surface area contributed by atoms with Crippen LogP contribution in [0.1, 0.15) is 12.8 Å². The summed E-state index contributed by atoms with van der Waals surface area (Å²) >= 11 is 2.30. The lowest BCUT2D eigenvalue weighted by atomic mass is 10.3. The summed E-state index contributed by atoms with van der Waals surface area (Å²) in [6, 6.07) is 8.17. The fourth-order valence-corrected chi connectivity index (χ4v) is 2.11. The Morgan fingerprint density at radius 2 is 1.95 bits per heavy atom. The zero-order valence-corrected chi connectivity index (χ0v) is 14.7. The largest absolute Gasteiger partial charge is 1.00 e. The molecule has 0 bridgehead atoms. The molecule has 0 saturated carbocycles. The molecule has 0 saturated heterocycles. The summed E-state index contributed by atoms with van der Waals surface area (Å²) < 4.78 is 11.2. The molecule has 2 aromatic rings. The Bertz CT molecular complexity index is 484. The van der Waals surface area contributed by atoms with Gasteiger partial charge in [0.1, 0.15) is 18.1 Å². The van der Waals surface area contributed by atoms with Crippen molar-refractivity contribution in [3.05, 3.63) is 46.6 Å². The first-order valence-corrected chi connectivity index (χ1v) is 7.21. The molecule has 0 atom stereocenters. The molecule has 0 fully saturated rings. The summed E-state index contributed by atoms with van der Waals surface area (Å²) in [7, 11) is 2.04. The van der Waals surface area contributed by atoms with Gasteiger partial charge in [-0.05, 0) is 59.7 Å². The van der Waals surface area contributed by atoms with Gasteiger partial charge in [-0.1, -0.05) is 0 Å². The maximum atomic E-state index is 5.69. The fraction of sp³-hybridized carbons (Fsp3) is 0.357. The second-order valence-corrected chi connectivity index (χ2v) is 5.57. The zero-order valence-electron chi connectivity index (χ0n) is 10.9. The molecule has 0 N–H and O–H groups in total. The second-order valence-electron chi connectivity index (χ2n) is 4.33. The molecule has 0 aliphatic rings. The van der Waals surface area contributed by atoms with Crippen molar-refractivity contribution in [2.75, 3.05) is 6.61 Å². The van der Waals surface area contributed by atoms with Gasteiger partial charge in [0.05, 0.1) is 20.2 Å². The number of unbranched alkanes of at least 4 members (excludes halogenated alkanes) is 1. The van der Waals surface area contributed by atoms with E-state index in [0.29, 0.717) is 0 Å². The summed E-state index contributed by atoms with van der Waals surface area (Å²) in [5, 5.41) is 0. The van der Waals surface area contributed by atoms with Crippen LogP contribution in [0.3, 0.4) is 0 Å². The summed E-state index contributed by atoms with van der Waals surface area (Å²) in [4.78, 5) is 0. The van der Waals surface area contributed by atoms with Crippen LogP contribution in [-0.2, 0) is 13.6 Å². The normalized spacial score (nSPS) is 10.0. The van der Waals surface area contributed by atoms with Gasteiger partial charge in [0.15, 0.2) is 0 Å². The molecule has 0 aliphatic heterocycles. The highest BCUT2D eigenvalue weighted by molar-refractivity contribution is 14.1. The average molecular weight is 437 g/mol. The van der Waals surface area contributed by atoms with Crippen LogP contribution in [0.2, 0.25) is 0 Å². The minimum Gasteiger partial charge on any atom is -1.00 e. The lowest BCUT2D eigenvalue weighted by molar-refractivity contribution is -0.671. The molecule has 0 aliphatic carbocycles. The Kier molecular flexibility index (Phi) is 7.45. The number of aromatic nitrogens is 2. The van der Waals surface area contributed by atoms with Gasteiger partial charge in [0.2, 0.25) is 6.33 Å². The van der Waals surface area contributed by atoms with Crippen LogP contribution in [0, 0.1) is 3.57 Å². The van der Waals surface area contributed by atoms with E-state index in [1.54, 1.807) is 0 Å². The Morgan fingerprint density at radius 1 is 1.21 bits per heavy atom. The van der Waals surface area contributed by atoms with E-state index in [2.05, 4.69) is 62.6 Å². The highest BCUT2D eigenvalue weighted by Crippen LogP contribution is 2.13. The van der Waals surface area contributed by atoms with Gasteiger partial charge >= 0.3 is 0 Å². The molecule has 0 radical (unpaired) electrons. The molecule has 2 rings (SSSR count). The number of halogens is 2. The number of rotatable bonds is 6. The van der Waals surface area contributed by atoms with Gasteiger partial charge in [-0.2, -0.15) is 0 Å².